The van der Waals surface area contributed by atoms with Crippen molar-refractivity contribution in [2.45, 2.75) is 6.92 Å². The number of benzene rings is 2. The van der Waals surface area contributed by atoms with Crippen LogP contribution in [0, 0.1) is 0 Å². The highest BCUT2D eigenvalue weighted by Crippen LogP contribution is 2.20. The summed E-state index contributed by atoms with van der Waals surface area (Å²) in [6, 6.07) is 16.9. The maximum Gasteiger partial charge on any atom is 0.344 e. The first-order chi connectivity index (χ1) is 14.5. The van der Waals surface area contributed by atoms with Crippen LogP contribution < -0.4 is 15.4 Å². The second-order valence-electron chi connectivity index (χ2n) is 6.09. The molecule has 0 spiro atoms. The van der Waals surface area contributed by atoms with Crippen molar-refractivity contribution >= 4 is 40.5 Å². The standard InChI is InChI=1S/C22H20N2O5S/c1-2-28-20(25)14-29-18-9-4-8-17(13-18)23-21(26)15-6-3-7-16(12-15)24-22(27)19-10-5-11-30-19/h3-13H,2,14H2,1H3,(H,23,26)(H,24,27). The van der Waals surface area contributed by atoms with Gasteiger partial charge in [-0.25, -0.2) is 4.79 Å². The molecule has 0 radical (unpaired) electrons. The second-order valence-corrected chi connectivity index (χ2v) is 7.04. The Balaban J connectivity index is 1.62. The van der Waals surface area contributed by atoms with Gasteiger partial charge < -0.3 is 20.1 Å². The van der Waals surface area contributed by atoms with E-state index in [2.05, 4.69) is 10.6 Å². The number of esters is 1. The molecule has 2 amide bonds. The van der Waals surface area contributed by atoms with Gasteiger partial charge in [0.2, 0.25) is 0 Å². The largest absolute Gasteiger partial charge is 0.482 e. The monoisotopic (exact) mass is 424 g/mol. The Hall–Kier alpha value is -3.65. The average molecular weight is 424 g/mol. The summed E-state index contributed by atoms with van der Waals surface area (Å²) in [6.45, 7) is 1.79. The van der Waals surface area contributed by atoms with Crippen LogP contribution in [0.25, 0.3) is 0 Å². The molecule has 0 aliphatic carbocycles. The minimum Gasteiger partial charge on any atom is -0.482 e. The van der Waals surface area contributed by atoms with Gasteiger partial charge >= 0.3 is 5.97 Å². The van der Waals surface area contributed by atoms with E-state index >= 15 is 0 Å². The highest BCUT2D eigenvalue weighted by Gasteiger charge is 2.11. The minimum absolute atomic E-state index is 0.211. The van der Waals surface area contributed by atoms with E-state index in [4.69, 9.17) is 9.47 Å². The van der Waals surface area contributed by atoms with Crippen molar-refractivity contribution in [1.29, 1.82) is 0 Å². The lowest BCUT2D eigenvalue weighted by Crippen LogP contribution is -2.15. The fourth-order valence-corrected chi connectivity index (χ4v) is 3.17. The Morgan fingerprint density at radius 1 is 0.900 bits per heavy atom. The Kier molecular flexibility index (Phi) is 7.18. The van der Waals surface area contributed by atoms with Gasteiger partial charge in [-0.2, -0.15) is 0 Å². The molecule has 154 valence electrons. The molecule has 7 nitrogen and oxygen atoms in total. The van der Waals surface area contributed by atoms with Crippen LogP contribution in [0.1, 0.15) is 27.0 Å². The van der Waals surface area contributed by atoms with E-state index in [0.717, 1.165) is 0 Å². The third-order valence-electron chi connectivity index (χ3n) is 3.88. The van der Waals surface area contributed by atoms with E-state index in [1.165, 1.54) is 11.3 Å². The van der Waals surface area contributed by atoms with Crippen molar-refractivity contribution in [1.82, 2.24) is 0 Å². The van der Waals surface area contributed by atoms with Crippen molar-refractivity contribution in [2.24, 2.45) is 0 Å². The number of hydrogen-bond acceptors (Lipinski definition) is 6. The fraction of sp³-hybridized carbons (Fsp3) is 0.136. The number of rotatable bonds is 8. The van der Waals surface area contributed by atoms with E-state index in [1.54, 1.807) is 67.6 Å². The molecule has 0 fully saturated rings. The van der Waals surface area contributed by atoms with Crippen LogP contribution in [0.4, 0.5) is 11.4 Å². The zero-order chi connectivity index (χ0) is 21.3. The topological polar surface area (TPSA) is 93.7 Å². The molecule has 1 heterocycles. The quantitative estimate of drug-likeness (QED) is 0.529. The van der Waals surface area contributed by atoms with E-state index in [-0.39, 0.29) is 25.0 Å². The molecule has 2 N–H and O–H groups in total. The predicted molar refractivity (Wildman–Crippen MR) is 115 cm³/mol. The van der Waals surface area contributed by atoms with Crippen molar-refractivity contribution < 1.29 is 23.9 Å². The number of carbonyl (C=O) groups excluding carboxylic acids is 3. The Morgan fingerprint density at radius 3 is 2.37 bits per heavy atom. The second kappa shape index (κ2) is 10.2. The van der Waals surface area contributed by atoms with E-state index in [0.29, 0.717) is 27.6 Å². The van der Waals surface area contributed by atoms with Crippen LogP contribution in [-0.2, 0) is 9.53 Å². The van der Waals surface area contributed by atoms with Crippen molar-refractivity contribution in [3.05, 3.63) is 76.5 Å². The van der Waals surface area contributed by atoms with Crippen LogP contribution in [-0.4, -0.2) is 31.0 Å². The Labute approximate surface area is 177 Å². The molecule has 2 aromatic carbocycles. The third-order valence-corrected chi connectivity index (χ3v) is 4.75. The smallest absolute Gasteiger partial charge is 0.344 e. The molecule has 0 saturated carbocycles. The molecule has 0 atom stereocenters. The molecule has 0 unspecified atom stereocenters. The van der Waals surface area contributed by atoms with Gasteiger partial charge in [0, 0.05) is 23.0 Å². The molecule has 0 saturated heterocycles. The summed E-state index contributed by atoms with van der Waals surface area (Å²) >= 11 is 1.34. The van der Waals surface area contributed by atoms with Crippen LogP contribution in [0.2, 0.25) is 0 Å². The van der Waals surface area contributed by atoms with Crippen molar-refractivity contribution in [3.8, 4) is 5.75 Å². The molecule has 8 heteroatoms. The highest BCUT2D eigenvalue weighted by atomic mass is 32.1. The number of ether oxygens (including phenoxy) is 2. The molecule has 0 aliphatic heterocycles. The molecular formula is C22H20N2O5S. The van der Waals surface area contributed by atoms with Gasteiger partial charge in [-0.3, -0.25) is 9.59 Å². The van der Waals surface area contributed by atoms with E-state index in [9.17, 15) is 14.4 Å². The molecule has 1 aromatic heterocycles. The van der Waals surface area contributed by atoms with Gasteiger partial charge in [-0.1, -0.05) is 18.2 Å². The van der Waals surface area contributed by atoms with Crippen LogP contribution in [0.5, 0.6) is 5.75 Å². The number of thiophene rings is 1. The number of hydrogen-bond donors (Lipinski definition) is 2. The average Bonchev–Trinajstić information content (AvgIpc) is 3.28. The molecule has 0 aliphatic rings. The highest BCUT2D eigenvalue weighted by molar-refractivity contribution is 7.12. The maximum atomic E-state index is 12.6. The zero-order valence-electron chi connectivity index (χ0n) is 16.2. The van der Waals surface area contributed by atoms with Gasteiger partial charge in [-0.05, 0) is 48.7 Å². The summed E-state index contributed by atoms with van der Waals surface area (Å²) in [5.74, 6) is -0.607. The molecule has 3 aromatic rings. The predicted octanol–water partition coefficient (Wildman–Crippen LogP) is 4.19. The zero-order valence-corrected chi connectivity index (χ0v) is 17.0. The van der Waals surface area contributed by atoms with E-state index < -0.39 is 5.97 Å². The Bertz CT molecular complexity index is 1030. The molecular weight excluding hydrogens is 404 g/mol. The summed E-state index contributed by atoms with van der Waals surface area (Å²) in [7, 11) is 0. The van der Waals surface area contributed by atoms with Gasteiger partial charge in [0.05, 0.1) is 11.5 Å². The van der Waals surface area contributed by atoms with Crippen LogP contribution >= 0.6 is 11.3 Å². The van der Waals surface area contributed by atoms with Gasteiger partial charge in [0.1, 0.15) is 5.75 Å². The van der Waals surface area contributed by atoms with Gasteiger partial charge in [0.25, 0.3) is 11.8 Å². The van der Waals surface area contributed by atoms with Gasteiger partial charge in [-0.15, -0.1) is 11.3 Å². The lowest BCUT2D eigenvalue weighted by molar-refractivity contribution is -0.145. The fourth-order valence-electron chi connectivity index (χ4n) is 2.55. The first-order valence-electron chi connectivity index (χ1n) is 9.20. The Morgan fingerprint density at radius 2 is 1.63 bits per heavy atom. The number of carbonyl (C=O) groups is 3. The first-order valence-corrected chi connectivity index (χ1v) is 10.1. The number of nitrogens with one attached hydrogen (secondary N) is 2. The summed E-state index contributed by atoms with van der Waals surface area (Å²) in [6.07, 6.45) is 0. The third kappa shape index (κ3) is 5.92. The summed E-state index contributed by atoms with van der Waals surface area (Å²) < 4.78 is 10.2. The number of amides is 2. The number of anilines is 2. The molecule has 0 bridgehead atoms. The maximum absolute atomic E-state index is 12.6. The van der Waals surface area contributed by atoms with E-state index in [1.807, 2.05) is 5.38 Å². The molecule has 30 heavy (non-hydrogen) atoms. The minimum atomic E-state index is -0.464. The summed E-state index contributed by atoms with van der Waals surface area (Å²) in [5.41, 5.74) is 1.42. The lowest BCUT2D eigenvalue weighted by atomic mass is 10.1. The normalized spacial score (nSPS) is 10.2. The van der Waals surface area contributed by atoms with Crippen molar-refractivity contribution in [2.75, 3.05) is 23.8 Å². The van der Waals surface area contributed by atoms with Gasteiger partial charge in [0.15, 0.2) is 6.61 Å². The lowest BCUT2D eigenvalue weighted by Gasteiger charge is -2.10. The SMILES string of the molecule is CCOC(=O)COc1cccc(NC(=O)c2cccc(NC(=O)c3cccs3)c2)c1. The summed E-state index contributed by atoms with van der Waals surface area (Å²) in [5, 5.41) is 7.37. The summed E-state index contributed by atoms with van der Waals surface area (Å²) in [4.78, 5) is 36.8. The van der Waals surface area contributed by atoms with Crippen LogP contribution in [0.3, 0.4) is 0 Å². The van der Waals surface area contributed by atoms with Crippen molar-refractivity contribution in [3.63, 3.8) is 0 Å². The van der Waals surface area contributed by atoms with Crippen LogP contribution in [0.15, 0.2) is 66.0 Å². The first kappa shape index (κ1) is 21.1. The molecule has 3 rings (SSSR count).